The monoisotopic (exact) mass is 472 g/mol. The number of aliphatic hydroxyl groups excluding tert-OH is 1. The van der Waals surface area contributed by atoms with E-state index in [1.54, 1.807) is 12.1 Å². The van der Waals surface area contributed by atoms with Gasteiger partial charge in [-0.2, -0.15) is 0 Å². The van der Waals surface area contributed by atoms with Gasteiger partial charge in [0.25, 0.3) is 0 Å². The van der Waals surface area contributed by atoms with Crippen molar-refractivity contribution < 1.29 is 33.7 Å². The van der Waals surface area contributed by atoms with Crippen LogP contribution in [0, 0.1) is 0 Å². The van der Waals surface area contributed by atoms with E-state index in [4.69, 9.17) is 14.2 Å². The maximum atomic E-state index is 13.4. The lowest BCUT2D eigenvalue weighted by Gasteiger charge is -2.14. The first-order valence-electron chi connectivity index (χ1n) is 11.3. The summed E-state index contributed by atoms with van der Waals surface area (Å²) in [5.74, 6) is -0.141. The molecule has 0 aliphatic rings. The van der Waals surface area contributed by atoms with Crippen molar-refractivity contribution in [3.63, 3.8) is 0 Å². The Kier molecular flexibility index (Phi) is 10.9. The highest BCUT2D eigenvalue weighted by atomic mass is 16.6. The van der Waals surface area contributed by atoms with Gasteiger partial charge in [0.2, 0.25) is 5.78 Å². The first-order valence-corrected chi connectivity index (χ1v) is 11.3. The van der Waals surface area contributed by atoms with Crippen LogP contribution in [0.2, 0.25) is 0 Å². The molecule has 3 N–H and O–H groups in total. The molecule has 0 spiro atoms. The second-order valence-electron chi connectivity index (χ2n) is 7.52. The average Bonchev–Trinajstić information content (AvgIpc) is 2.83. The van der Waals surface area contributed by atoms with Crippen LogP contribution in [0.3, 0.4) is 0 Å². The molecule has 9 nitrogen and oxygen atoms in total. The molecule has 0 bridgehead atoms. The number of methoxy groups -OCH3 is 1. The quantitative estimate of drug-likeness (QED) is 0.312. The normalized spacial score (nSPS) is 10.4. The second-order valence-corrected chi connectivity index (χ2v) is 7.52. The van der Waals surface area contributed by atoms with Gasteiger partial charge in [-0.15, -0.1) is 0 Å². The summed E-state index contributed by atoms with van der Waals surface area (Å²) in [7, 11) is 1.46. The number of nitrogens with one attached hydrogen (secondary N) is 2. The van der Waals surface area contributed by atoms with Gasteiger partial charge in [-0.1, -0.05) is 32.8 Å². The number of benzene rings is 2. The summed E-state index contributed by atoms with van der Waals surface area (Å²) in [5.41, 5.74) is 0.623. The lowest BCUT2D eigenvalue weighted by molar-refractivity contribution is 0.103. The summed E-state index contributed by atoms with van der Waals surface area (Å²) >= 11 is 0. The van der Waals surface area contributed by atoms with E-state index in [-0.39, 0.29) is 29.2 Å². The summed E-state index contributed by atoms with van der Waals surface area (Å²) in [6, 6.07) is 8.91. The second kappa shape index (κ2) is 13.8. The van der Waals surface area contributed by atoms with Crippen molar-refractivity contribution in [2.75, 3.05) is 20.2 Å². The molecule has 2 aromatic carbocycles. The number of hydrogen-bond acceptors (Lipinski definition) is 7. The van der Waals surface area contributed by atoms with Crippen LogP contribution < -0.4 is 24.8 Å². The molecule has 184 valence electrons. The summed E-state index contributed by atoms with van der Waals surface area (Å²) in [6.07, 6.45) is 1.97. The molecule has 0 fully saturated rings. The summed E-state index contributed by atoms with van der Waals surface area (Å²) < 4.78 is 16.0. The Labute approximate surface area is 199 Å². The van der Waals surface area contributed by atoms with E-state index in [1.165, 1.54) is 31.4 Å². The number of amides is 2. The fourth-order valence-corrected chi connectivity index (χ4v) is 2.99. The van der Waals surface area contributed by atoms with Crippen molar-refractivity contribution in [1.29, 1.82) is 0 Å². The van der Waals surface area contributed by atoms with E-state index >= 15 is 0 Å². The number of ketones is 1. The first kappa shape index (κ1) is 26.7. The van der Waals surface area contributed by atoms with Crippen molar-refractivity contribution in [2.45, 2.75) is 46.1 Å². The zero-order valence-electron chi connectivity index (χ0n) is 19.8. The van der Waals surface area contributed by atoms with Gasteiger partial charge >= 0.3 is 12.2 Å². The number of aliphatic hydroxyl groups is 1. The summed E-state index contributed by atoms with van der Waals surface area (Å²) in [4.78, 5) is 37.9. The number of hydrogen-bond donors (Lipinski definition) is 3. The van der Waals surface area contributed by atoms with Crippen molar-refractivity contribution in [3.05, 3.63) is 53.1 Å². The predicted octanol–water partition coefficient (Wildman–Crippen LogP) is 4.20. The first-order chi connectivity index (χ1) is 16.4. The topological polar surface area (TPSA) is 123 Å². The maximum absolute atomic E-state index is 13.4. The zero-order chi connectivity index (χ0) is 24.9. The minimum absolute atomic E-state index is 0.00271. The lowest BCUT2D eigenvalue weighted by atomic mass is 10.00. The summed E-state index contributed by atoms with van der Waals surface area (Å²) in [5, 5.41) is 14.7. The van der Waals surface area contributed by atoms with E-state index in [1.807, 2.05) is 13.8 Å². The highest BCUT2D eigenvalue weighted by molar-refractivity contribution is 6.13. The molecule has 0 unspecified atom stereocenters. The van der Waals surface area contributed by atoms with Crippen LogP contribution in [-0.2, 0) is 6.61 Å². The Balaban J connectivity index is 2.36. The molecule has 0 radical (unpaired) electrons. The fraction of sp³-hybridized carbons (Fsp3) is 0.400. The SMILES string of the molecule is CCCCNC(=O)Oc1cc(CO)ccc1C(=O)c1ccc(OC)cc1OC(=O)NCCCC. The molecule has 0 saturated carbocycles. The van der Waals surface area contributed by atoms with Gasteiger partial charge in [0, 0.05) is 19.2 Å². The highest BCUT2D eigenvalue weighted by Crippen LogP contribution is 2.31. The number of rotatable bonds is 12. The average molecular weight is 473 g/mol. The Morgan fingerprint density at radius 1 is 0.824 bits per heavy atom. The van der Waals surface area contributed by atoms with Gasteiger partial charge in [-0.05, 0) is 42.7 Å². The van der Waals surface area contributed by atoms with Gasteiger partial charge in [0.1, 0.15) is 17.2 Å². The molecule has 2 aromatic rings. The van der Waals surface area contributed by atoms with Crippen LogP contribution in [-0.4, -0.2) is 43.3 Å². The number of ether oxygens (including phenoxy) is 3. The molecule has 0 aliphatic carbocycles. The molecular weight excluding hydrogens is 440 g/mol. The largest absolute Gasteiger partial charge is 0.497 e. The Bertz CT molecular complexity index is 914. The maximum Gasteiger partial charge on any atom is 0.412 e. The van der Waals surface area contributed by atoms with E-state index in [9.17, 15) is 19.5 Å². The zero-order valence-corrected chi connectivity index (χ0v) is 19.8. The molecule has 2 rings (SSSR count). The van der Waals surface area contributed by atoms with E-state index < -0.39 is 18.0 Å². The van der Waals surface area contributed by atoms with Gasteiger partial charge in [0.05, 0.1) is 24.8 Å². The number of carbonyl (C=O) groups excluding carboxylic acids is 3. The van der Waals surface area contributed by atoms with Gasteiger partial charge < -0.3 is 30.0 Å². The fourth-order valence-electron chi connectivity index (χ4n) is 2.99. The molecule has 9 heteroatoms. The molecule has 0 saturated heterocycles. The predicted molar refractivity (Wildman–Crippen MR) is 127 cm³/mol. The Morgan fingerprint density at radius 3 is 1.85 bits per heavy atom. The van der Waals surface area contributed by atoms with Gasteiger partial charge in [-0.3, -0.25) is 4.79 Å². The van der Waals surface area contributed by atoms with Crippen molar-refractivity contribution in [2.24, 2.45) is 0 Å². The summed E-state index contributed by atoms with van der Waals surface area (Å²) in [6.45, 7) is 4.57. The highest BCUT2D eigenvalue weighted by Gasteiger charge is 2.23. The van der Waals surface area contributed by atoms with Crippen LogP contribution in [0.5, 0.6) is 17.2 Å². The van der Waals surface area contributed by atoms with Gasteiger partial charge in [0.15, 0.2) is 0 Å². The standard InChI is InChI=1S/C25H32N2O7/c1-4-6-12-26-24(30)33-21-14-17(16-28)8-10-19(21)23(29)20-11-9-18(32-3)15-22(20)34-25(31)27-13-7-5-2/h8-11,14-15,28H,4-7,12-13,16H2,1-3H3,(H,26,30)(H,27,31). The van der Waals surface area contributed by atoms with Crippen LogP contribution in [0.15, 0.2) is 36.4 Å². The van der Waals surface area contributed by atoms with Crippen LogP contribution >= 0.6 is 0 Å². The molecule has 34 heavy (non-hydrogen) atoms. The van der Waals surface area contributed by atoms with E-state index in [0.29, 0.717) is 24.4 Å². The molecule has 0 atom stereocenters. The van der Waals surface area contributed by atoms with Crippen LogP contribution in [0.25, 0.3) is 0 Å². The van der Waals surface area contributed by atoms with Crippen molar-refractivity contribution in [1.82, 2.24) is 10.6 Å². The minimum Gasteiger partial charge on any atom is -0.497 e. The van der Waals surface area contributed by atoms with Crippen LogP contribution in [0.1, 0.15) is 61.0 Å². The lowest BCUT2D eigenvalue weighted by Crippen LogP contribution is -2.29. The van der Waals surface area contributed by atoms with Crippen molar-refractivity contribution in [3.8, 4) is 17.2 Å². The van der Waals surface area contributed by atoms with E-state index in [2.05, 4.69) is 10.6 Å². The number of unbranched alkanes of at least 4 members (excludes halogenated alkanes) is 2. The third kappa shape index (κ3) is 7.77. The third-order valence-electron chi connectivity index (χ3n) is 4.91. The van der Waals surface area contributed by atoms with E-state index in [0.717, 1.165) is 25.7 Å². The molecule has 0 aliphatic heterocycles. The smallest absolute Gasteiger partial charge is 0.412 e. The van der Waals surface area contributed by atoms with Crippen LogP contribution in [0.4, 0.5) is 9.59 Å². The Morgan fingerprint density at radius 2 is 1.35 bits per heavy atom. The minimum atomic E-state index is -0.709. The number of carbonyl (C=O) groups is 3. The molecular formula is C25H32N2O7. The molecule has 0 heterocycles. The molecule has 0 aromatic heterocycles. The van der Waals surface area contributed by atoms with Crippen molar-refractivity contribution >= 4 is 18.0 Å². The third-order valence-corrected chi connectivity index (χ3v) is 4.91. The Hall–Kier alpha value is -3.59. The molecule has 2 amide bonds. The van der Waals surface area contributed by atoms with Gasteiger partial charge in [-0.25, -0.2) is 9.59 Å².